The van der Waals surface area contributed by atoms with Crippen LogP contribution in [0.4, 0.5) is 4.39 Å². The average molecular weight is 235 g/mol. The summed E-state index contributed by atoms with van der Waals surface area (Å²) in [4.78, 5) is 7.10. The third-order valence-electron chi connectivity index (χ3n) is 2.36. The van der Waals surface area contributed by atoms with Crippen LogP contribution in [0.25, 0.3) is 0 Å². The number of nitrogens with zero attached hydrogens (tertiary/aromatic N) is 1. The molecule has 0 radical (unpaired) electrons. The molecule has 5 heteroatoms. The van der Waals surface area contributed by atoms with Crippen molar-refractivity contribution in [2.75, 3.05) is 6.54 Å². The second kappa shape index (κ2) is 5.45. The molecular formula is C12H14FN3O. The van der Waals surface area contributed by atoms with Crippen molar-refractivity contribution in [1.82, 2.24) is 15.3 Å². The third-order valence-corrected chi connectivity index (χ3v) is 2.36. The summed E-state index contributed by atoms with van der Waals surface area (Å²) in [5, 5.41) is 12.4. The normalized spacial score (nSPS) is 10.6. The number of phenolic OH excluding ortho intramolecular Hbond substituents is 1. The highest BCUT2D eigenvalue weighted by Gasteiger charge is 2.00. The molecule has 0 aliphatic heterocycles. The highest BCUT2D eigenvalue weighted by Crippen LogP contribution is 2.14. The molecule has 0 bridgehead atoms. The highest BCUT2D eigenvalue weighted by molar-refractivity contribution is 5.28. The minimum absolute atomic E-state index is 0.0483. The van der Waals surface area contributed by atoms with Gasteiger partial charge in [0.2, 0.25) is 0 Å². The fraction of sp³-hybridized carbons (Fsp3) is 0.250. The molecule has 0 amide bonds. The first kappa shape index (κ1) is 11.6. The SMILES string of the molecule is Oc1cc(F)cc(CNCCc2ncc[nH]2)c1. The zero-order valence-corrected chi connectivity index (χ0v) is 9.28. The molecule has 0 atom stereocenters. The van der Waals surface area contributed by atoms with E-state index in [0.29, 0.717) is 6.54 Å². The number of nitrogens with one attached hydrogen (secondary N) is 2. The number of aromatic nitrogens is 2. The van der Waals surface area contributed by atoms with Gasteiger partial charge in [0, 0.05) is 38.0 Å². The van der Waals surface area contributed by atoms with Gasteiger partial charge in [0.25, 0.3) is 0 Å². The number of hydrogen-bond acceptors (Lipinski definition) is 3. The van der Waals surface area contributed by atoms with Gasteiger partial charge in [0.05, 0.1) is 0 Å². The second-order valence-electron chi connectivity index (χ2n) is 3.78. The molecule has 2 aromatic rings. The van der Waals surface area contributed by atoms with Crippen LogP contribution in [0.3, 0.4) is 0 Å². The number of aromatic amines is 1. The molecule has 1 heterocycles. The largest absolute Gasteiger partial charge is 0.508 e. The molecule has 0 spiro atoms. The van der Waals surface area contributed by atoms with E-state index in [2.05, 4.69) is 15.3 Å². The van der Waals surface area contributed by atoms with Crippen LogP contribution in [-0.4, -0.2) is 21.6 Å². The number of hydrogen-bond donors (Lipinski definition) is 3. The number of imidazole rings is 1. The lowest BCUT2D eigenvalue weighted by Gasteiger charge is -2.04. The maximum absolute atomic E-state index is 13.0. The second-order valence-corrected chi connectivity index (χ2v) is 3.78. The van der Waals surface area contributed by atoms with E-state index >= 15 is 0 Å². The van der Waals surface area contributed by atoms with E-state index in [0.717, 1.165) is 30.4 Å². The molecular weight excluding hydrogens is 221 g/mol. The van der Waals surface area contributed by atoms with Crippen LogP contribution in [0.15, 0.2) is 30.6 Å². The van der Waals surface area contributed by atoms with Crippen LogP contribution in [0.1, 0.15) is 11.4 Å². The number of aromatic hydroxyl groups is 1. The first-order chi connectivity index (χ1) is 8.24. The predicted molar refractivity (Wildman–Crippen MR) is 62.1 cm³/mol. The van der Waals surface area contributed by atoms with Gasteiger partial charge in [-0.15, -0.1) is 0 Å². The van der Waals surface area contributed by atoms with Gasteiger partial charge in [-0.1, -0.05) is 0 Å². The molecule has 0 saturated heterocycles. The molecule has 4 nitrogen and oxygen atoms in total. The van der Waals surface area contributed by atoms with Crippen LogP contribution in [0.2, 0.25) is 0 Å². The number of benzene rings is 1. The Kier molecular flexibility index (Phi) is 3.72. The fourth-order valence-electron chi connectivity index (χ4n) is 1.61. The molecule has 0 saturated carbocycles. The zero-order valence-electron chi connectivity index (χ0n) is 9.28. The van der Waals surface area contributed by atoms with Gasteiger partial charge in [-0.3, -0.25) is 0 Å². The lowest BCUT2D eigenvalue weighted by Crippen LogP contribution is -2.17. The lowest BCUT2D eigenvalue weighted by molar-refractivity contribution is 0.467. The van der Waals surface area contributed by atoms with Gasteiger partial charge in [0.15, 0.2) is 0 Å². The standard InChI is InChI=1S/C12H14FN3O/c13-10-5-9(6-11(17)7-10)8-14-2-1-12-15-3-4-16-12/h3-7,14,17H,1-2,8H2,(H,15,16). The molecule has 3 N–H and O–H groups in total. The highest BCUT2D eigenvalue weighted by atomic mass is 19.1. The van der Waals surface area contributed by atoms with E-state index in [1.165, 1.54) is 6.07 Å². The maximum Gasteiger partial charge on any atom is 0.127 e. The summed E-state index contributed by atoms with van der Waals surface area (Å²) < 4.78 is 13.0. The first-order valence-electron chi connectivity index (χ1n) is 5.41. The van der Waals surface area contributed by atoms with E-state index in [9.17, 15) is 9.50 Å². The minimum atomic E-state index is -0.423. The summed E-state index contributed by atoms with van der Waals surface area (Å²) in [5.74, 6) is 0.445. The third kappa shape index (κ3) is 3.57. The van der Waals surface area contributed by atoms with E-state index < -0.39 is 5.82 Å². The Morgan fingerprint density at radius 1 is 1.35 bits per heavy atom. The minimum Gasteiger partial charge on any atom is -0.508 e. The topological polar surface area (TPSA) is 60.9 Å². The average Bonchev–Trinajstić information content (AvgIpc) is 2.76. The molecule has 0 aliphatic carbocycles. The molecule has 1 aromatic carbocycles. The van der Waals surface area contributed by atoms with Gasteiger partial charge in [-0.25, -0.2) is 9.37 Å². The number of rotatable bonds is 5. The monoisotopic (exact) mass is 235 g/mol. The maximum atomic E-state index is 13.0. The van der Waals surface area contributed by atoms with Gasteiger partial charge < -0.3 is 15.4 Å². The molecule has 1 aromatic heterocycles. The number of phenols is 1. The van der Waals surface area contributed by atoms with Crippen molar-refractivity contribution in [3.05, 3.63) is 47.8 Å². The van der Waals surface area contributed by atoms with Crippen LogP contribution in [-0.2, 0) is 13.0 Å². The van der Waals surface area contributed by atoms with Gasteiger partial charge >= 0.3 is 0 Å². The van der Waals surface area contributed by atoms with Crippen LogP contribution in [0.5, 0.6) is 5.75 Å². The van der Waals surface area contributed by atoms with E-state index in [1.807, 2.05) is 0 Å². The number of halogens is 1. The smallest absolute Gasteiger partial charge is 0.127 e. The Balaban J connectivity index is 1.78. The zero-order chi connectivity index (χ0) is 12.1. The first-order valence-corrected chi connectivity index (χ1v) is 5.41. The predicted octanol–water partition coefficient (Wildman–Crippen LogP) is 1.59. The Labute approximate surface area is 98.5 Å². The summed E-state index contributed by atoms with van der Waals surface area (Å²) in [7, 11) is 0. The molecule has 0 unspecified atom stereocenters. The quantitative estimate of drug-likeness (QED) is 0.690. The van der Waals surface area contributed by atoms with E-state index in [-0.39, 0.29) is 5.75 Å². The van der Waals surface area contributed by atoms with Crippen molar-refractivity contribution >= 4 is 0 Å². The molecule has 2 rings (SSSR count). The Morgan fingerprint density at radius 2 is 2.24 bits per heavy atom. The van der Waals surface area contributed by atoms with Crippen molar-refractivity contribution < 1.29 is 9.50 Å². The van der Waals surface area contributed by atoms with Crippen LogP contribution in [0, 0.1) is 5.82 Å². The van der Waals surface area contributed by atoms with Crippen LogP contribution < -0.4 is 5.32 Å². The Hall–Kier alpha value is -1.88. The van der Waals surface area contributed by atoms with Gasteiger partial charge in [-0.2, -0.15) is 0 Å². The summed E-state index contributed by atoms with van der Waals surface area (Å²) in [5.41, 5.74) is 0.724. The molecule has 17 heavy (non-hydrogen) atoms. The van der Waals surface area contributed by atoms with Crippen molar-refractivity contribution in [2.24, 2.45) is 0 Å². The van der Waals surface area contributed by atoms with E-state index in [4.69, 9.17) is 0 Å². The fourth-order valence-corrected chi connectivity index (χ4v) is 1.61. The van der Waals surface area contributed by atoms with Gasteiger partial charge in [0.1, 0.15) is 17.4 Å². The summed E-state index contributed by atoms with van der Waals surface area (Å²) in [6, 6.07) is 4.04. The molecule has 90 valence electrons. The van der Waals surface area contributed by atoms with Gasteiger partial charge in [-0.05, 0) is 17.7 Å². The van der Waals surface area contributed by atoms with Crippen molar-refractivity contribution in [3.63, 3.8) is 0 Å². The number of H-pyrrole nitrogens is 1. The molecule has 0 fully saturated rings. The van der Waals surface area contributed by atoms with E-state index in [1.54, 1.807) is 18.5 Å². The van der Waals surface area contributed by atoms with Crippen molar-refractivity contribution in [2.45, 2.75) is 13.0 Å². The summed E-state index contributed by atoms with van der Waals surface area (Å²) >= 11 is 0. The van der Waals surface area contributed by atoms with Crippen molar-refractivity contribution in [1.29, 1.82) is 0 Å². The lowest BCUT2D eigenvalue weighted by atomic mass is 10.2. The summed E-state index contributed by atoms with van der Waals surface area (Å²) in [6.45, 7) is 1.26. The Bertz CT molecular complexity index is 450. The van der Waals surface area contributed by atoms with Crippen LogP contribution >= 0.6 is 0 Å². The Morgan fingerprint density at radius 3 is 2.94 bits per heavy atom. The summed E-state index contributed by atoms with van der Waals surface area (Å²) in [6.07, 6.45) is 4.27. The molecule has 0 aliphatic rings. The van der Waals surface area contributed by atoms with Crippen molar-refractivity contribution in [3.8, 4) is 5.75 Å².